The van der Waals surface area contributed by atoms with Crippen LogP contribution in [0.15, 0.2) is 79.9 Å². The average molecular weight is 622 g/mol. The van der Waals surface area contributed by atoms with Gasteiger partial charge in [0.2, 0.25) is 11.8 Å². The molecule has 3 aliphatic heterocycles. The molecule has 3 fully saturated rings. The molecule has 43 heavy (non-hydrogen) atoms. The summed E-state index contributed by atoms with van der Waals surface area (Å²) in [5.74, 6) is -1.52. The number of hydrogen-bond acceptors (Lipinski definition) is 5. The summed E-state index contributed by atoms with van der Waals surface area (Å²) >= 11 is 8.25. The Hall–Kier alpha value is -3.07. The Balaban J connectivity index is 1.53. The number of para-hydroxylation sites is 2. The summed E-state index contributed by atoms with van der Waals surface area (Å²) in [5.41, 5.74) is 1.35. The highest BCUT2D eigenvalue weighted by Gasteiger charge is 2.74. The van der Waals surface area contributed by atoms with Crippen LogP contribution in [-0.4, -0.2) is 70.0 Å². The number of nitrogens with zero attached hydrogens (tertiary/aromatic N) is 3. The Morgan fingerprint density at radius 2 is 1.65 bits per heavy atom. The molecule has 1 N–H and O–H groups in total. The molecule has 0 radical (unpaired) electrons. The highest BCUT2D eigenvalue weighted by Crippen LogP contribution is 2.67. The molecule has 0 aromatic heterocycles. The fourth-order valence-corrected chi connectivity index (χ4v) is 9.64. The van der Waals surface area contributed by atoms with E-state index in [9.17, 15) is 19.5 Å². The van der Waals surface area contributed by atoms with Crippen molar-refractivity contribution in [3.63, 3.8) is 0 Å². The predicted molar refractivity (Wildman–Crippen MR) is 174 cm³/mol. The number of aliphatic hydroxyl groups is 1. The van der Waals surface area contributed by atoms with Crippen LogP contribution in [0.4, 0.5) is 11.4 Å². The number of unbranched alkanes of at least 4 members (excludes halogenated alkanes) is 3. The van der Waals surface area contributed by atoms with Crippen molar-refractivity contribution in [2.45, 2.75) is 54.6 Å². The van der Waals surface area contributed by atoms with E-state index in [0.717, 1.165) is 24.9 Å². The molecule has 3 amide bonds. The number of anilines is 2. The van der Waals surface area contributed by atoms with Crippen molar-refractivity contribution in [3.05, 3.63) is 84.9 Å². The normalized spacial score (nSPS) is 25.4. The zero-order valence-corrected chi connectivity index (χ0v) is 26.0. The van der Waals surface area contributed by atoms with Gasteiger partial charge in [-0.2, -0.15) is 0 Å². The molecule has 2 aromatic carbocycles. The van der Waals surface area contributed by atoms with E-state index in [-0.39, 0.29) is 36.1 Å². The second kappa shape index (κ2) is 13.7. The van der Waals surface area contributed by atoms with Gasteiger partial charge >= 0.3 is 0 Å². The van der Waals surface area contributed by atoms with Crippen LogP contribution < -0.4 is 9.80 Å². The Bertz CT molecular complexity index is 1360. The van der Waals surface area contributed by atoms with Crippen molar-refractivity contribution in [3.8, 4) is 0 Å². The highest BCUT2D eigenvalue weighted by molar-refractivity contribution is 8.02. The van der Waals surface area contributed by atoms with Crippen molar-refractivity contribution in [1.82, 2.24) is 4.90 Å². The summed E-state index contributed by atoms with van der Waals surface area (Å²) in [6, 6.07) is 16.0. The monoisotopic (exact) mass is 621 g/mol. The Morgan fingerprint density at radius 1 is 0.977 bits per heavy atom. The first-order valence-electron chi connectivity index (χ1n) is 15.1. The van der Waals surface area contributed by atoms with Crippen molar-refractivity contribution in [1.29, 1.82) is 0 Å². The molecule has 3 heterocycles. The molecule has 9 heteroatoms. The lowest BCUT2D eigenvalue weighted by Gasteiger charge is -2.38. The standard InChI is InChI=1S/C34H40ClN3O4S/c1-3-20-36(24-14-8-7-9-15-24)31(40)28-27-18-19-34(43-27)29(28)32(41)38(22-12-5-6-13-23-39)30(34)33(42)37(21-4-2)26-17-11-10-16-25(26)35/h3-4,7-11,14-17,27-30,39H,1-2,5-6,12-13,18-23H2/t27-,28+,29-,30?,34?/m0/s1. The lowest BCUT2D eigenvalue weighted by atomic mass is 9.70. The van der Waals surface area contributed by atoms with Gasteiger partial charge in [-0.05, 0) is 49.9 Å². The first-order chi connectivity index (χ1) is 20.9. The van der Waals surface area contributed by atoms with Crippen LogP contribution in [0.1, 0.15) is 38.5 Å². The van der Waals surface area contributed by atoms with Crippen molar-refractivity contribution >= 4 is 52.5 Å². The smallest absolute Gasteiger partial charge is 0.251 e. The number of carbonyl (C=O) groups excluding carboxylic acids is 3. The zero-order chi connectivity index (χ0) is 30.6. The number of carbonyl (C=O) groups is 3. The molecule has 7 nitrogen and oxygen atoms in total. The highest BCUT2D eigenvalue weighted by atomic mass is 35.5. The van der Waals surface area contributed by atoms with Crippen molar-refractivity contribution in [2.24, 2.45) is 11.8 Å². The lowest BCUT2D eigenvalue weighted by molar-refractivity contribution is -0.139. The minimum Gasteiger partial charge on any atom is -0.396 e. The van der Waals surface area contributed by atoms with Gasteiger partial charge < -0.3 is 19.8 Å². The van der Waals surface area contributed by atoms with Gasteiger partial charge in [-0.25, -0.2) is 0 Å². The van der Waals surface area contributed by atoms with Gasteiger partial charge in [0.1, 0.15) is 6.04 Å². The number of thioether (sulfide) groups is 1. The summed E-state index contributed by atoms with van der Waals surface area (Å²) in [5, 5.41) is 9.63. The van der Waals surface area contributed by atoms with Gasteiger partial charge in [-0.3, -0.25) is 14.4 Å². The topological polar surface area (TPSA) is 81.2 Å². The van der Waals surface area contributed by atoms with Crippen LogP contribution in [0.5, 0.6) is 0 Å². The van der Waals surface area contributed by atoms with E-state index in [0.29, 0.717) is 43.1 Å². The predicted octanol–water partition coefficient (Wildman–Crippen LogP) is 5.72. The van der Waals surface area contributed by atoms with Crippen LogP contribution in [0.2, 0.25) is 5.02 Å². The molecule has 3 saturated heterocycles. The summed E-state index contributed by atoms with van der Waals surface area (Å²) in [4.78, 5) is 48.7. The third-order valence-electron chi connectivity index (χ3n) is 8.99. The quantitative estimate of drug-likeness (QED) is 0.216. The van der Waals surface area contributed by atoms with E-state index >= 15 is 0 Å². The van der Waals surface area contributed by atoms with E-state index < -0.39 is 22.6 Å². The van der Waals surface area contributed by atoms with Crippen molar-refractivity contribution < 1.29 is 19.5 Å². The molecule has 228 valence electrons. The van der Waals surface area contributed by atoms with E-state index in [1.165, 1.54) is 0 Å². The zero-order valence-electron chi connectivity index (χ0n) is 24.4. The maximum Gasteiger partial charge on any atom is 0.251 e. The van der Waals surface area contributed by atoms with Gasteiger partial charge in [0, 0.05) is 37.2 Å². The number of fused-ring (bicyclic) bond motifs is 1. The molecule has 2 unspecified atom stereocenters. The number of halogens is 1. The van der Waals surface area contributed by atoms with Crippen LogP contribution in [-0.2, 0) is 14.4 Å². The fraction of sp³-hybridized carbons (Fsp3) is 0.441. The number of benzene rings is 2. The van der Waals surface area contributed by atoms with E-state index in [1.807, 2.05) is 48.5 Å². The Kier molecular flexibility index (Phi) is 9.99. The van der Waals surface area contributed by atoms with Crippen molar-refractivity contribution in [2.75, 3.05) is 36.0 Å². The van der Waals surface area contributed by atoms with E-state index in [4.69, 9.17) is 11.6 Å². The number of likely N-dealkylation sites (tertiary alicyclic amines) is 1. The lowest BCUT2D eigenvalue weighted by Crippen LogP contribution is -2.55. The average Bonchev–Trinajstić information content (AvgIpc) is 3.66. The second-order valence-corrected chi connectivity index (χ2v) is 13.5. The molecule has 5 rings (SSSR count). The summed E-state index contributed by atoms with van der Waals surface area (Å²) < 4.78 is -0.707. The van der Waals surface area contributed by atoms with Gasteiger partial charge in [0.25, 0.3) is 5.91 Å². The first-order valence-corrected chi connectivity index (χ1v) is 16.4. The summed E-state index contributed by atoms with van der Waals surface area (Å²) in [6.07, 6.45) is 7.94. The van der Waals surface area contributed by atoms with Crippen LogP contribution in [0.3, 0.4) is 0 Å². The Morgan fingerprint density at radius 3 is 2.35 bits per heavy atom. The molecular formula is C34H40ClN3O4S. The molecule has 1 spiro atoms. The Labute approximate surface area is 263 Å². The molecule has 3 aliphatic rings. The molecular weight excluding hydrogens is 582 g/mol. The third-order valence-corrected chi connectivity index (χ3v) is 11.3. The second-order valence-electron chi connectivity index (χ2n) is 11.5. The minimum absolute atomic E-state index is 0.0485. The number of rotatable bonds is 14. The number of amides is 3. The maximum atomic E-state index is 14.7. The molecule has 2 bridgehead atoms. The van der Waals surface area contributed by atoms with Gasteiger partial charge in [-0.1, -0.05) is 66.9 Å². The molecule has 5 atom stereocenters. The molecule has 0 aliphatic carbocycles. The fourth-order valence-electron chi connectivity index (χ4n) is 7.20. The molecule has 0 saturated carbocycles. The first kappa shape index (κ1) is 31.4. The van der Waals surface area contributed by atoms with Crippen LogP contribution >= 0.6 is 23.4 Å². The molecule has 2 aromatic rings. The summed E-state index contributed by atoms with van der Waals surface area (Å²) in [7, 11) is 0. The maximum absolute atomic E-state index is 14.7. The number of aliphatic hydroxyl groups excluding tert-OH is 1. The summed E-state index contributed by atoms with van der Waals surface area (Å²) in [6.45, 7) is 8.90. The number of hydrogen-bond donors (Lipinski definition) is 1. The van der Waals surface area contributed by atoms with Crippen LogP contribution in [0, 0.1) is 11.8 Å². The van der Waals surface area contributed by atoms with Gasteiger partial charge in [0.15, 0.2) is 0 Å². The minimum atomic E-state index is -0.726. The van der Waals surface area contributed by atoms with Gasteiger partial charge in [0.05, 0.1) is 27.3 Å². The third kappa shape index (κ3) is 5.77. The van der Waals surface area contributed by atoms with Gasteiger partial charge in [-0.15, -0.1) is 24.9 Å². The SMILES string of the molecule is C=CCN(C(=O)[C@@H]1[C@@H]2CCC3(S2)C(C(=O)N(CC=C)c2ccccc2Cl)N(CCCCCCO)C(=O)[C@H]13)c1ccccc1. The van der Waals surface area contributed by atoms with E-state index in [2.05, 4.69) is 13.2 Å². The van der Waals surface area contributed by atoms with E-state index in [1.54, 1.807) is 44.7 Å². The van der Waals surface area contributed by atoms with Crippen LogP contribution in [0.25, 0.3) is 0 Å². The largest absolute Gasteiger partial charge is 0.396 e.